The fourth-order valence-corrected chi connectivity index (χ4v) is 2.32. The van der Waals surface area contributed by atoms with Crippen LogP contribution in [0.25, 0.3) is 0 Å². The maximum Gasteiger partial charge on any atom is 0.200 e. The standard InChI is InChI=1S/C12H12BrCl2NO/c1-12(2,15)16-7-10(13)17-11(16)8-3-5-9(14)6-4-8/h3-7,11H,1-2H3. The van der Waals surface area contributed by atoms with Gasteiger partial charge in [0.05, 0.1) is 6.20 Å². The Hall–Kier alpha value is -0.380. The number of hydrogen-bond acceptors (Lipinski definition) is 2. The molecule has 0 N–H and O–H groups in total. The number of nitrogens with zero attached hydrogens (tertiary/aromatic N) is 1. The summed E-state index contributed by atoms with van der Waals surface area (Å²) in [4.78, 5) is 1.42. The third kappa shape index (κ3) is 2.90. The molecule has 1 heterocycles. The van der Waals surface area contributed by atoms with Crippen molar-refractivity contribution < 1.29 is 4.74 Å². The first-order valence-corrected chi connectivity index (χ1v) is 6.69. The molecule has 2 rings (SSSR count). The van der Waals surface area contributed by atoms with Gasteiger partial charge in [-0.3, -0.25) is 0 Å². The van der Waals surface area contributed by atoms with E-state index in [2.05, 4.69) is 15.9 Å². The average molecular weight is 337 g/mol. The summed E-state index contributed by atoms with van der Waals surface area (Å²) >= 11 is 15.5. The number of halogens is 3. The fourth-order valence-electron chi connectivity index (χ4n) is 1.66. The van der Waals surface area contributed by atoms with E-state index < -0.39 is 5.00 Å². The summed E-state index contributed by atoms with van der Waals surface area (Å²) in [7, 11) is 0. The molecule has 1 aliphatic rings. The molecule has 0 radical (unpaired) electrons. The van der Waals surface area contributed by atoms with Crippen LogP contribution >= 0.6 is 39.1 Å². The van der Waals surface area contributed by atoms with Crippen molar-refractivity contribution in [2.75, 3.05) is 0 Å². The van der Waals surface area contributed by atoms with Gasteiger partial charge in [-0.1, -0.05) is 35.3 Å². The highest BCUT2D eigenvalue weighted by atomic mass is 79.9. The van der Waals surface area contributed by atoms with Crippen LogP contribution in [0.2, 0.25) is 5.02 Å². The monoisotopic (exact) mass is 335 g/mol. The van der Waals surface area contributed by atoms with E-state index in [0.717, 1.165) is 5.56 Å². The van der Waals surface area contributed by atoms with Gasteiger partial charge in [0.1, 0.15) is 5.00 Å². The SMILES string of the molecule is CC(C)(Cl)N1C=C(Br)OC1c1ccc(Cl)cc1. The Morgan fingerprint density at radius 3 is 2.41 bits per heavy atom. The van der Waals surface area contributed by atoms with Crippen LogP contribution in [0.3, 0.4) is 0 Å². The predicted octanol–water partition coefficient (Wildman–Crippen LogP) is 4.84. The molecule has 0 spiro atoms. The van der Waals surface area contributed by atoms with Gasteiger partial charge < -0.3 is 9.64 Å². The first kappa shape index (κ1) is 13.1. The van der Waals surface area contributed by atoms with E-state index in [0.29, 0.717) is 9.69 Å². The molecule has 0 saturated heterocycles. The first-order chi connectivity index (χ1) is 7.88. The molecular formula is C12H12BrCl2NO. The molecule has 1 unspecified atom stereocenters. The number of ether oxygens (including phenoxy) is 1. The summed E-state index contributed by atoms with van der Waals surface area (Å²) < 4.78 is 6.37. The molecule has 1 aliphatic heterocycles. The van der Waals surface area contributed by atoms with E-state index in [1.807, 2.05) is 49.2 Å². The summed E-state index contributed by atoms with van der Waals surface area (Å²) in [5.41, 5.74) is 1.01. The average Bonchev–Trinajstić information content (AvgIpc) is 2.61. The first-order valence-electron chi connectivity index (χ1n) is 5.15. The maximum absolute atomic E-state index is 6.34. The molecule has 0 bridgehead atoms. The maximum atomic E-state index is 6.34. The van der Waals surface area contributed by atoms with Gasteiger partial charge in [-0.05, 0) is 41.9 Å². The molecule has 0 aliphatic carbocycles. The zero-order valence-electron chi connectivity index (χ0n) is 9.45. The summed E-state index contributed by atoms with van der Waals surface area (Å²) in [5, 5.41) is 0.704. The van der Waals surface area contributed by atoms with Crippen molar-refractivity contribution in [3.05, 3.63) is 45.7 Å². The second kappa shape index (κ2) is 4.71. The molecular weight excluding hydrogens is 325 g/mol. The molecule has 5 heteroatoms. The van der Waals surface area contributed by atoms with E-state index in [1.54, 1.807) is 0 Å². The van der Waals surface area contributed by atoms with Crippen LogP contribution in [0.15, 0.2) is 35.1 Å². The van der Waals surface area contributed by atoms with Crippen molar-refractivity contribution in [3.8, 4) is 0 Å². The van der Waals surface area contributed by atoms with Gasteiger partial charge in [0.25, 0.3) is 0 Å². The lowest BCUT2D eigenvalue weighted by Crippen LogP contribution is -2.36. The van der Waals surface area contributed by atoms with Crippen LogP contribution < -0.4 is 0 Å². The number of hydrogen-bond donors (Lipinski definition) is 0. The van der Waals surface area contributed by atoms with Crippen molar-refractivity contribution in [1.82, 2.24) is 4.90 Å². The van der Waals surface area contributed by atoms with E-state index in [9.17, 15) is 0 Å². The normalized spacial score (nSPS) is 20.2. The molecule has 1 aromatic rings. The van der Waals surface area contributed by atoms with E-state index >= 15 is 0 Å². The lowest BCUT2D eigenvalue weighted by molar-refractivity contribution is 0.0248. The lowest BCUT2D eigenvalue weighted by Gasteiger charge is -2.34. The van der Waals surface area contributed by atoms with E-state index in [-0.39, 0.29) is 6.23 Å². The molecule has 92 valence electrons. The second-order valence-electron chi connectivity index (χ2n) is 4.27. The van der Waals surface area contributed by atoms with Crippen LogP contribution in [0.1, 0.15) is 25.6 Å². The molecule has 17 heavy (non-hydrogen) atoms. The molecule has 2 nitrogen and oxygen atoms in total. The number of alkyl halides is 1. The minimum absolute atomic E-state index is 0.228. The second-order valence-corrected chi connectivity index (χ2v) is 6.41. The van der Waals surface area contributed by atoms with E-state index in [1.165, 1.54) is 0 Å². The highest BCUT2D eigenvalue weighted by Gasteiger charge is 2.35. The summed E-state index contributed by atoms with van der Waals surface area (Å²) in [6.45, 7) is 3.84. The Bertz CT molecular complexity index is 439. The Labute approximate surface area is 119 Å². The van der Waals surface area contributed by atoms with Crippen LogP contribution in [0, 0.1) is 0 Å². The fraction of sp³-hybridized carbons (Fsp3) is 0.333. The summed E-state index contributed by atoms with van der Waals surface area (Å²) in [6.07, 6.45) is 1.63. The highest BCUT2D eigenvalue weighted by Crippen LogP contribution is 2.40. The number of rotatable bonds is 2. The van der Waals surface area contributed by atoms with Crippen LogP contribution in [0.5, 0.6) is 0 Å². The van der Waals surface area contributed by atoms with Crippen molar-refractivity contribution >= 4 is 39.1 Å². The zero-order valence-corrected chi connectivity index (χ0v) is 12.6. The van der Waals surface area contributed by atoms with Gasteiger partial charge >= 0.3 is 0 Å². The highest BCUT2D eigenvalue weighted by molar-refractivity contribution is 9.11. The quantitative estimate of drug-likeness (QED) is 0.566. The van der Waals surface area contributed by atoms with Crippen molar-refractivity contribution in [1.29, 1.82) is 0 Å². The van der Waals surface area contributed by atoms with Gasteiger partial charge in [0.15, 0.2) is 4.67 Å². The topological polar surface area (TPSA) is 12.5 Å². The molecule has 0 aromatic heterocycles. The predicted molar refractivity (Wildman–Crippen MR) is 74.1 cm³/mol. The van der Waals surface area contributed by atoms with Gasteiger partial charge in [-0.25, -0.2) is 0 Å². The van der Waals surface area contributed by atoms with Gasteiger partial charge in [0.2, 0.25) is 6.23 Å². The van der Waals surface area contributed by atoms with Crippen molar-refractivity contribution in [2.24, 2.45) is 0 Å². The van der Waals surface area contributed by atoms with Crippen LogP contribution in [-0.2, 0) is 4.74 Å². The molecule has 1 aromatic carbocycles. The minimum atomic E-state index is -0.528. The van der Waals surface area contributed by atoms with E-state index in [4.69, 9.17) is 27.9 Å². The molecule has 0 saturated carbocycles. The van der Waals surface area contributed by atoms with Gasteiger partial charge in [-0.2, -0.15) is 0 Å². The van der Waals surface area contributed by atoms with Crippen LogP contribution in [0.4, 0.5) is 0 Å². The zero-order chi connectivity index (χ0) is 12.6. The van der Waals surface area contributed by atoms with Crippen molar-refractivity contribution in [2.45, 2.75) is 25.1 Å². The van der Waals surface area contributed by atoms with Gasteiger partial charge in [-0.15, -0.1) is 0 Å². The largest absolute Gasteiger partial charge is 0.458 e. The molecule has 1 atom stereocenters. The third-order valence-corrected chi connectivity index (χ3v) is 3.33. The van der Waals surface area contributed by atoms with Crippen LogP contribution in [-0.4, -0.2) is 9.90 Å². The summed E-state index contributed by atoms with van der Waals surface area (Å²) in [6, 6.07) is 7.54. The summed E-state index contributed by atoms with van der Waals surface area (Å²) in [5.74, 6) is 0. The minimum Gasteiger partial charge on any atom is -0.458 e. The molecule has 0 amide bonds. The molecule has 0 fully saturated rings. The van der Waals surface area contributed by atoms with Gasteiger partial charge in [0, 0.05) is 10.6 Å². The Morgan fingerprint density at radius 2 is 1.88 bits per heavy atom. The Morgan fingerprint density at radius 1 is 1.29 bits per heavy atom. The van der Waals surface area contributed by atoms with Crippen molar-refractivity contribution in [3.63, 3.8) is 0 Å². The smallest absolute Gasteiger partial charge is 0.200 e. The Kier molecular flexibility index (Phi) is 3.62. The lowest BCUT2D eigenvalue weighted by atomic mass is 10.1. The third-order valence-electron chi connectivity index (χ3n) is 2.49. The Balaban J connectivity index is 2.30. The number of benzene rings is 1.